The summed E-state index contributed by atoms with van der Waals surface area (Å²) in [7, 11) is 3.04. The van der Waals surface area contributed by atoms with Gasteiger partial charge in [0, 0.05) is 5.56 Å². The number of ether oxygens (including phenoxy) is 3. The summed E-state index contributed by atoms with van der Waals surface area (Å²) >= 11 is 0. The molecule has 208 valence electrons. The van der Waals surface area contributed by atoms with E-state index in [0.717, 1.165) is 60.1 Å². The van der Waals surface area contributed by atoms with Gasteiger partial charge in [0.2, 0.25) is 0 Å². The number of hydrogen-bond donors (Lipinski definition) is 0. The Hall–Kier alpha value is -3.34. The Balaban J connectivity index is 1.58. The first kappa shape index (κ1) is 28.7. The van der Waals surface area contributed by atoms with Crippen LogP contribution in [0.1, 0.15) is 75.5 Å². The van der Waals surface area contributed by atoms with E-state index in [1.54, 1.807) is 19.2 Å². The van der Waals surface area contributed by atoms with Gasteiger partial charge in [-0.2, -0.15) is 0 Å². The number of carbonyl (C=O) groups excluding carboxylic acids is 1. The summed E-state index contributed by atoms with van der Waals surface area (Å²) in [6.07, 6.45) is 5.67. The van der Waals surface area contributed by atoms with Gasteiger partial charge in [-0.3, -0.25) is 4.79 Å². The molecule has 0 amide bonds. The first-order valence-electron chi connectivity index (χ1n) is 14.0. The number of hydrogen-bond acceptors (Lipinski definition) is 4. The Kier molecular flexibility index (Phi) is 9.32. The summed E-state index contributed by atoms with van der Waals surface area (Å²) in [5, 5.41) is 0. The van der Waals surface area contributed by atoms with Gasteiger partial charge in [-0.25, -0.2) is 4.39 Å². The monoisotopic (exact) mass is 532 g/mol. The minimum absolute atomic E-state index is 0.0735. The fourth-order valence-corrected chi connectivity index (χ4v) is 5.58. The van der Waals surface area contributed by atoms with Crippen LogP contribution in [0.3, 0.4) is 0 Å². The number of rotatable bonds is 13. The molecular formula is C34H41FO4. The Morgan fingerprint density at radius 2 is 1.79 bits per heavy atom. The summed E-state index contributed by atoms with van der Waals surface area (Å²) in [6, 6.07) is 19.1. The average Bonchev–Trinajstić information content (AvgIpc) is 3.76. The van der Waals surface area contributed by atoms with Crippen LogP contribution < -0.4 is 9.47 Å². The van der Waals surface area contributed by atoms with E-state index < -0.39 is 0 Å². The van der Waals surface area contributed by atoms with Crippen LogP contribution in [0.15, 0.2) is 60.7 Å². The van der Waals surface area contributed by atoms with Crippen molar-refractivity contribution >= 4 is 5.97 Å². The maximum absolute atomic E-state index is 15.0. The molecule has 3 aromatic rings. The van der Waals surface area contributed by atoms with Crippen molar-refractivity contribution in [3.8, 4) is 22.6 Å². The fourth-order valence-electron chi connectivity index (χ4n) is 5.58. The molecule has 1 aliphatic carbocycles. The van der Waals surface area contributed by atoms with Gasteiger partial charge in [0.25, 0.3) is 0 Å². The highest BCUT2D eigenvalue weighted by Crippen LogP contribution is 2.45. The molecule has 4 rings (SSSR count). The largest absolute Gasteiger partial charge is 0.497 e. The van der Waals surface area contributed by atoms with Crippen LogP contribution in [0.25, 0.3) is 11.1 Å². The van der Waals surface area contributed by atoms with Crippen molar-refractivity contribution in [2.24, 2.45) is 11.3 Å². The van der Waals surface area contributed by atoms with Crippen LogP contribution in [0.4, 0.5) is 4.39 Å². The fraction of sp³-hybridized carbons (Fsp3) is 0.441. The van der Waals surface area contributed by atoms with Crippen molar-refractivity contribution in [3.05, 3.63) is 83.2 Å². The molecular weight excluding hydrogens is 491 g/mol. The van der Waals surface area contributed by atoms with Crippen LogP contribution in [-0.2, 0) is 22.6 Å². The maximum Gasteiger partial charge on any atom is 0.306 e. The minimum Gasteiger partial charge on any atom is -0.497 e. The SMILES string of the molecule is CCCC(C)(C)Cc1cc(COc2cccc(C(CC(=O)OC)C3CC3)c2)ccc1-c1cc(OC)ccc1F. The molecule has 1 aliphatic rings. The highest BCUT2D eigenvalue weighted by Gasteiger charge is 2.34. The molecule has 0 spiro atoms. The second-order valence-electron chi connectivity index (χ2n) is 11.5. The molecule has 3 aromatic carbocycles. The number of methoxy groups -OCH3 is 2. The summed E-state index contributed by atoms with van der Waals surface area (Å²) in [5.74, 6) is 1.66. The Labute approximate surface area is 232 Å². The predicted molar refractivity (Wildman–Crippen MR) is 154 cm³/mol. The molecule has 1 unspecified atom stereocenters. The van der Waals surface area contributed by atoms with Crippen LogP contribution >= 0.6 is 0 Å². The van der Waals surface area contributed by atoms with Crippen molar-refractivity contribution in [2.45, 2.75) is 71.8 Å². The molecule has 0 aromatic heterocycles. The highest BCUT2D eigenvalue weighted by atomic mass is 19.1. The van der Waals surface area contributed by atoms with E-state index in [1.807, 2.05) is 24.3 Å². The zero-order valence-corrected chi connectivity index (χ0v) is 23.9. The van der Waals surface area contributed by atoms with Gasteiger partial charge < -0.3 is 14.2 Å². The quantitative estimate of drug-likeness (QED) is 0.207. The van der Waals surface area contributed by atoms with E-state index in [2.05, 4.69) is 39.0 Å². The van der Waals surface area contributed by atoms with Crippen LogP contribution in [0, 0.1) is 17.2 Å². The lowest BCUT2D eigenvalue weighted by molar-refractivity contribution is -0.141. The first-order valence-corrected chi connectivity index (χ1v) is 14.0. The molecule has 0 aliphatic heterocycles. The molecule has 5 heteroatoms. The van der Waals surface area contributed by atoms with E-state index in [4.69, 9.17) is 14.2 Å². The van der Waals surface area contributed by atoms with E-state index >= 15 is 0 Å². The third-order valence-corrected chi connectivity index (χ3v) is 7.73. The standard InChI is InChI=1S/C34H41FO4/c1-6-16-34(2,3)21-26-17-23(10-14-29(26)31-19-27(37-4)13-15-32(31)35)22-39-28-9-7-8-25(18-28)30(24-11-12-24)20-33(36)38-5/h7-10,13-15,17-19,24,30H,6,11-12,16,20-22H2,1-5H3. The van der Waals surface area contributed by atoms with Gasteiger partial charge in [0.15, 0.2) is 0 Å². The third-order valence-electron chi connectivity index (χ3n) is 7.73. The van der Waals surface area contributed by atoms with Crippen molar-refractivity contribution in [3.63, 3.8) is 0 Å². The lowest BCUT2D eigenvalue weighted by Crippen LogP contribution is -2.15. The summed E-state index contributed by atoms with van der Waals surface area (Å²) in [5.41, 5.74) is 4.76. The molecule has 0 N–H and O–H groups in total. The zero-order chi connectivity index (χ0) is 28.0. The minimum atomic E-state index is -0.261. The van der Waals surface area contributed by atoms with Crippen LogP contribution in [0.5, 0.6) is 11.5 Å². The van der Waals surface area contributed by atoms with E-state index in [1.165, 1.54) is 13.2 Å². The van der Waals surface area contributed by atoms with E-state index in [-0.39, 0.29) is 23.1 Å². The number of carbonyl (C=O) groups is 1. The van der Waals surface area contributed by atoms with Gasteiger partial charge in [0.1, 0.15) is 23.9 Å². The second kappa shape index (κ2) is 12.7. The second-order valence-corrected chi connectivity index (χ2v) is 11.5. The summed E-state index contributed by atoms with van der Waals surface area (Å²) in [4.78, 5) is 12.0. The summed E-state index contributed by atoms with van der Waals surface area (Å²) in [6.45, 7) is 7.13. The molecule has 1 fully saturated rings. The normalized spacial score (nSPS) is 14.1. The van der Waals surface area contributed by atoms with Gasteiger partial charge in [-0.1, -0.05) is 57.5 Å². The van der Waals surface area contributed by atoms with Gasteiger partial charge in [0.05, 0.1) is 20.6 Å². The molecule has 0 heterocycles. The van der Waals surface area contributed by atoms with Crippen molar-refractivity contribution < 1.29 is 23.4 Å². The zero-order valence-electron chi connectivity index (χ0n) is 23.9. The lowest BCUT2D eigenvalue weighted by Gasteiger charge is -2.26. The smallest absolute Gasteiger partial charge is 0.306 e. The van der Waals surface area contributed by atoms with Gasteiger partial charge >= 0.3 is 5.97 Å². The Morgan fingerprint density at radius 3 is 2.49 bits per heavy atom. The lowest BCUT2D eigenvalue weighted by atomic mass is 9.79. The molecule has 1 atom stereocenters. The molecule has 0 saturated heterocycles. The molecule has 1 saturated carbocycles. The van der Waals surface area contributed by atoms with Crippen molar-refractivity contribution in [2.75, 3.05) is 14.2 Å². The number of benzene rings is 3. The predicted octanol–water partition coefficient (Wildman–Crippen LogP) is 8.51. The van der Waals surface area contributed by atoms with Gasteiger partial charge in [-0.15, -0.1) is 0 Å². The Morgan fingerprint density at radius 1 is 1.00 bits per heavy atom. The van der Waals surface area contributed by atoms with Crippen LogP contribution in [-0.4, -0.2) is 20.2 Å². The molecule has 0 bridgehead atoms. The first-order chi connectivity index (χ1) is 18.7. The highest BCUT2D eigenvalue weighted by molar-refractivity contribution is 5.71. The van der Waals surface area contributed by atoms with E-state index in [9.17, 15) is 9.18 Å². The Bertz CT molecular complexity index is 1280. The molecule has 0 radical (unpaired) electrons. The van der Waals surface area contributed by atoms with Crippen molar-refractivity contribution in [1.82, 2.24) is 0 Å². The summed E-state index contributed by atoms with van der Waals surface area (Å²) < 4.78 is 31.5. The third kappa shape index (κ3) is 7.62. The average molecular weight is 533 g/mol. The number of esters is 1. The topological polar surface area (TPSA) is 44.8 Å². The number of halogens is 1. The van der Waals surface area contributed by atoms with Gasteiger partial charge in [-0.05, 0) is 95.5 Å². The van der Waals surface area contributed by atoms with Crippen LogP contribution in [0.2, 0.25) is 0 Å². The molecule has 4 nitrogen and oxygen atoms in total. The molecule has 39 heavy (non-hydrogen) atoms. The maximum atomic E-state index is 15.0. The van der Waals surface area contributed by atoms with E-state index in [0.29, 0.717) is 30.3 Å². The van der Waals surface area contributed by atoms with Crippen molar-refractivity contribution in [1.29, 1.82) is 0 Å².